The number of benzene rings is 2. The van der Waals surface area contributed by atoms with Gasteiger partial charge >= 0.3 is 0 Å². The smallest absolute Gasteiger partial charge is 0.233 e. The SMILES string of the molecule is COc1ccc(-n2ccnc2SCC(=O)N2CCC[C@H](c3nc4ccccc4s3)C2)cc1. The number of thiazole rings is 1. The molecule has 0 bridgehead atoms. The highest BCUT2D eigenvalue weighted by atomic mass is 32.2. The molecule has 5 rings (SSSR count). The molecule has 1 saturated heterocycles. The fourth-order valence-corrected chi connectivity index (χ4v) is 5.99. The summed E-state index contributed by atoms with van der Waals surface area (Å²) in [7, 11) is 1.65. The number of rotatable bonds is 6. The second-order valence-corrected chi connectivity index (χ2v) is 9.77. The molecule has 1 atom stereocenters. The van der Waals surface area contributed by atoms with Gasteiger partial charge in [-0.25, -0.2) is 9.97 Å². The predicted octanol–water partition coefficient (Wildman–Crippen LogP) is 4.99. The molecule has 3 heterocycles. The van der Waals surface area contributed by atoms with Crippen LogP contribution in [0.15, 0.2) is 66.1 Å². The summed E-state index contributed by atoms with van der Waals surface area (Å²) in [6.07, 6.45) is 5.77. The van der Waals surface area contributed by atoms with E-state index in [4.69, 9.17) is 9.72 Å². The van der Waals surface area contributed by atoms with Crippen LogP contribution in [-0.2, 0) is 4.79 Å². The van der Waals surface area contributed by atoms with Gasteiger partial charge in [-0.3, -0.25) is 9.36 Å². The summed E-state index contributed by atoms with van der Waals surface area (Å²) in [4.78, 5) is 24.3. The number of imidazole rings is 1. The molecule has 32 heavy (non-hydrogen) atoms. The van der Waals surface area contributed by atoms with Crippen molar-refractivity contribution in [1.82, 2.24) is 19.4 Å². The highest BCUT2D eigenvalue weighted by Gasteiger charge is 2.27. The number of para-hydroxylation sites is 1. The first kappa shape index (κ1) is 21.0. The zero-order valence-corrected chi connectivity index (χ0v) is 19.4. The average molecular weight is 465 g/mol. The molecule has 0 spiro atoms. The molecule has 1 aliphatic rings. The van der Waals surface area contributed by atoms with Gasteiger partial charge in [-0.2, -0.15) is 0 Å². The number of hydrogen-bond acceptors (Lipinski definition) is 6. The Morgan fingerprint density at radius 2 is 2.06 bits per heavy atom. The normalized spacial score (nSPS) is 16.4. The van der Waals surface area contributed by atoms with Crippen LogP contribution in [0.25, 0.3) is 15.9 Å². The van der Waals surface area contributed by atoms with Gasteiger partial charge in [-0.05, 0) is 49.2 Å². The van der Waals surface area contributed by atoms with Crippen LogP contribution in [0, 0.1) is 0 Å². The number of fused-ring (bicyclic) bond motifs is 1. The first-order valence-corrected chi connectivity index (χ1v) is 12.5. The Morgan fingerprint density at radius 3 is 2.88 bits per heavy atom. The van der Waals surface area contributed by atoms with Gasteiger partial charge in [0.2, 0.25) is 5.91 Å². The standard InChI is InChI=1S/C24H24N4O2S2/c1-30-19-10-8-18(9-11-19)28-14-12-25-24(28)31-16-22(29)27-13-4-5-17(15-27)23-26-20-6-2-3-7-21(20)32-23/h2-3,6-12,14,17H,4-5,13,15-16H2,1H3/t17-/m0/s1. The summed E-state index contributed by atoms with van der Waals surface area (Å²) >= 11 is 3.23. The van der Waals surface area contributed by atoms with Crippen molar-refractivity contribution in [3.63, 3.8) is 0 Å². The van der Waals surface area contributed by atoms with E-state index in [0.29, 0.717) is 11.7 Å². The quantitative estimate of drug-likeness (QED) is 0.376. The number of likely N-dealkylation sites (tertiary alicyclic amines) is 1. The third-order valence-electron chi connectivity index (χ3n) is 5.72. The molecular formula is C24H24N4O2S2. The highest BCUT2D eigenvalue weighted by Crippen LogP contribution is 2.33. The average Bonchev–Trinajstić information content (AvgIpc) is 3.50. The number of methoxy groups -OCH3 is 1. The second kappa shape index (κ2) is 9.34. The number of thioether (sulfide) groups is 1. The second-order valence-electron chi connectivity index (χ2n) is 7.77. The summed E-state index contributed by atoms with van der Waals surface area (Å²) < 4.78 is 8.45. The van der Waals surface area contributed by atoms with Crippen molar-refractivity contribution >= 4 is 39.2 Å². The van der Waals surface area contributed by atoms with Crippen molar-refractivity contribution in [3.05, 3.63) is 65.9 Å². The van der Waals surface area contributed by atoms with Crippen LogP contribution >= 0.6 is 23.1 Å². The van der Waals surface area contributed by atoms with Crippen LogP contribution in [0.1, 0.15) is 23.8 Å². The lowest BCUT2D eigenvalue weighted by atomic mass is 9.99. The Kier molecular flexibility index (Phi) is 6.14. The Morgan fingerprint density at radius 1 is 1.22 bits per heavy atom. The predicted molar refractivity (Wildman–Crippen MR) is 129 cm³/mol. The number of ether oxygens (including phenoxy) is 1. The number of carbonyl (C=O) groups is 1. The van der Waals surface area contributed by atoms with Crippen molar-refractivity contribution in [1.29, 1.82) is 0 Å². The van der Waals surface area contributed by atoms with Crippen LogP contribution in [0.3, 0.4) is 0 Å². The number of amides is 1. The van der Waals surface area contributed by atoms with Crippen LogP contribution in [0.2, 0.25) is 0 Å². The number of piperidine rings is 1. The minimum atomic E-state index is 0.157. The maximum atomic E-state index is 13.0. The molecule has 0 aliphatic carbocycles. The largest absolute Gasteiger partial charge is 0.497 e. The lowest BCUT2D eigenvalue weighted by Gasteiger charge is -2.31. The van der Waals surface area contributed by atoms with E-state index in [-0.39, 0.29) is 5.91 Å². The van der Waals surface area contributed by atoms with E-state index in [0.717, 1.165) is 53.0 Å². The maximum absolute atomic E-state index is 13.0. The fraction of sp³-hybridized carbons (Fsp3) is 0.292. The first-order valence-electron chi connectivity index (χ1n) is 10.6. The Bertz CT molecular complexity index is 1190. The zero-order valence-electron chi connectivity index (χ0n) is 17.8. The first-order chi connectivity index (χ1) is 15.7. The maximum Gasteiger partial charge on any atom is 0.233 e. The summed E-state index contributed by atoms with van der Waals surface area (Å²) in [5.41, 5.74) is 2.05. The minimum Gasteiger partial charge on any atom is -0.497 e. The molecule has 1 aliphatic heterocycles. The third kappa shape index (κ3) is 4.38. The molecule has 1 amide bonds. The van der Waals surface area contributed by atoms with Gasteiger partial charge in [0.1, 0.15) is 5.75 Å². The molecule has 1 fully saturated rings. The molecule has 6 nitrogen and oxygen atoms in total. The van der Waals surface area contributed by atoms with E-state index in [1.54, 1.807) is 24.6 Å². The van der Waals surface area contributed by atoms with E-state index in [9.17, 15) is 4.79 Å². The van der Waals surface area contributed by atoms with Gasteiger partial charge < -0.3 is 9.64 Å². The molecule has 0 N–H and O–H groups in total. The fourth-order valence-electron chi connectivity index (χ4n) is 4.02. The van der Waals surface area contributed by atoms with Crippen molar-refractivity contribution in [2.24, 2.45) is 0 Å². The van der Waals surface area contributed by atoms with Crippen molar-refractivity contribution in [3.8, 4) is 11.4 Å². The molecule has 2 aromatic heterocycles. The topological polar surface area (TPSA) is 60.3 Å². The van der Waals surface area contributed by atoms with Gasteiger partial charge in [0.05, 0.1) is 28.1 Å². The summed E-state index contributed by atoms with van der Waals surface area (Å²) in [6, 6.07) is 16.1. The number of hydrogen-bond donors (Lipinski definition) is 0. The van der Waals surface area contributed by atoms with Crippen molar-refractivity contribution in [2.45, 2.75) is 23.9 Å². The van der Waals surface area contributed by atoms with Gasteiger partial charge in [0.25, 0.3) is 0 Å². The van der Waals surface area contributed by atoms with Gasteiger partial charge in [-0.15, -0.1) is 11.3 Å². The Hall–Kier alpha value is -2.84. The highest BCUT2D eigenvalue weighted by molar-refractivity contribution is 7.99. The van der Waals surface area contributed by atoms with E-state index >= 15 is 0 Å². The van der Waals surface area contributed by atoms with Crippen LogP contribution in [0.4, 0.5) is 0 Å². The van der Waals surface area contributed by atoms with E-state index in [1.807, 2.05) is 52.1 Å². The van der Waals surface area contributed by atoms with Gasteiger partial charge in [-0.1, -0.05) is 23.9 Å². The summed E-state index contributed by atoms with van der Waals surface area (Å²) in [5.74, 6) is 1.66. The molecular weight excluding hydrogens is 440 g/mol. The van der Waals surface area contributed by atoms with Crippen molar-refractivity contribution in [2.75, 3.05) is 26.0 Å². The summed E-state index contributed by atoms with van der Waals surface area (Å²) in [6.45, 7) is 1.56. The molecule has 164 valence electrons. The number of aromatic nitrogens is 3. The monoisotopic (exact) mass is 464 g/mol. The Balaban J connectivity index is 1.23. The van der Waals surface area contributed by atoms with Gasteiger partial charge in [0.15, 0.2) is 5.16 Å². The number of nitrogens with zero attached hydrogens (tertiary/aromatic N) is 4. The lowest BCUT2D eigenvalue weighted by Crippen LogP contribution is -2.40. The lowest BCUT2D eigenvalue weighted by molar-refractivity contribution is -0.129. The van der Waals surface area contributed by atoms with Crippen molar-refractivity contribution < 1.29 is 9.53 Å². The number of carbonyl (C=O) groups excluding carboxylic acids is 1. The van der Waals surface area contributed by atoms with Gasteiger partial charge in [0, 0.05) is 37.1 Å². The molecule has 0 radical (unpaired) electrons. The zero-order chi connectivity index (χ0) is 21.9. The Labute approximate surface area is 195 Å². The minimum absolute atomic E-state index is 0.157. The van der Waals surface area contributed by atoms with E-state index in [2.05, 4.69) is 17.1 Å². The van der Waals surface area contributed by atoms with E-state index in [1.165, 1.54) is 16.5 Å². The molecule has 8 heteroatoms. The molecule has 4 aromatic rings. The summed E-state index contributed by atoms with van der Waals surface area (Å²) in [5, 5.41) is 1.95. The van der Waals surface area contributed by atoms with Crippen LogP contribution in [0.5, 0.6) is 5.75 Å². The van der Waals surface area contributed by atoms with Crippen LogP contribution in [-0.4, -0.2) is 51.3 Å². The molecule has 0 unspecified atom stereocenters. The third-order valence-corrected chi connectivity index (χ3v) is 7.87. The van der Waals surface area contributed by atoms with Crippen LogP contribution < -0.4 is 4.74 Å². The molecule has 0 saturated carbocycles. The molecule has 2 aromatic carbocycles. The van der Waals surface area contributed by atoms with E-state index < -0.39 is 0 Å².